The van der Waals surface area contributed by atoms with Crippen molar-refractivity contribution in [2.24, 2.45) is 11.3 Å². The second-order valence-corrected chi connectivity index (χ2v) is 6.04. The zero-order valence-electron chi connectivity index (χ0n) is 11.1. The Labute approximate surface area is 103 Å². The van der Waals surface area contributed by atoms with Gasteiger partial charge in [0.15, 0.2) is 5.78 Å². The normalized spacial score (nSPS) is 36.7. The van der Waals surface area contributed by atoms with Crippen LogP contribution >= 0.6 is 0 Å². The molecule has 0 bridgehead atoms. The van der Waals surface area contributed by atoms with E-state index >= 15 is 0 Å². The van der Waals surface area contributed by atoms with Gasteiger partial charge in [0.25, 0.3) is 0 Å². The molecule has 0 saturated carbocycles. The molecule has 2 rings (SSSR count). The summed E-state index contributed by atoms with van der Waals surface area (Å²) in [6.45, 7) is 6.09. The maximum absolute atomic E-state index is 12.0. The van der Waals surface area contributed by atoms with Gasteiger partial charge in [0.2, 0.25) is 5.91 Å². The first kappa shape index (κ1) is 12.3. The summed E-state index contributed by atoms with van der Waals surface area (Å²) in [6, 6.07) is 0. The van der Waals surface area contributed by atoms with E-state index in [1.807, 2.05) is 31.9 Å². The average Bonchev–Trinajstić information content (AvgIpc) is 2.37. The number of allylic oxidation sites excluding steroid dienone is 1. The molecule has 0 spiro atoms. The van der Waals surface area contributed by atoms with E-state index in [1.54, 1.807) is 6.08 Å². The number of carbonyl (C=O) groups is 2. The Morgan fingerprint density at radius 3 is 2.59 bits per heavy atom. The molecule has 0 aromatic heterocycles. The van der Waals surface area contributed by atoms with E-state index in [4.69, 9.17) is 0 Å². The molecule has 3 nitrogen and oxygen atoms in total. The van der Waals surface area contributed by atoms with Gasteiger partial charge in [-0.25, -0.2) is 0 Å². The quantitative estimate of drug-likeness (QED) is 0.645. The van der Waals surface area contributed by atoms with E-state index in [9.17, 15) is 9.59 Å². The predicted octanol–water partition coefficient (Wildman–Crippen LogP) is 2.17. The van der Waals surface area contributed by atoms with Crippen LogP contribution in [-0.2, 0) is 9.59 Å². The number of likely N-dealkylation sites (tertiary alicyclic amines) is 1. The third kappa shape index (κ3) is 1.63. The first-order chi connectivity index (χ1) is 7.80. The molecule has 1 aliphatic heterocycles. The summed E-state index contributed by atoms with van der Waals surface area (Å²) < 4.78 is 0. The monoisotopic (exact) mass is 235 g/mol. The van der Waals surface area contributed by atoms with Crippen LogP contribution in [-0.4, -0.2) is 29.2 Å². The number of fused-ring (bicyclic) bond motifs is 1. The molecule has 0 aromatic rings. The molecular formula is C14H21NO2. The summed E-state index contributed by atoms with van der Waals surface area (Å²) in [5, 5.41) is 0. The molecule has 0 radical (unpaired) electrons. The highest BCUT2D eigenvalue weighted by atomic mass is 16.2. The van der Waals surface area contributed by atoms with Gasteiger partial charge in [-0.15, -0.1) is 0 Å². The Morgan fingerprint density at radius 1 is 1.29 bits per heavy atom. The lowest BCUT2D eigenvalue weighted by Gasteiger charge is -2.49. The van der Waals surface area contributed by atoms with Crippen LogP contribution in [0.3, 0.4) is 0 Å². The van der Waals surface area contributed by atoms with Gasteiger partial charge in [-0.1, -0.05) is 19.9 Å². The van der Waals surface area contributed by atoms with Crippen molar-refractivity contribution in [3.8, 4) is 0 Å². The molecule has 2 atom stereocenters. The van der Waals surface area contributed by atoms with E-state index in [1.165, 1.54) is 0 Å². The summed E-state index contributed by atoms with van der Waals surface area (Å²) in [4.78, 5) is 25.8. The average molecular weight is 235 g/mol. The van der Waals surface area contributed by atoms with Crippen molar-refractivity contribution in [1.29, 1.82) is 0 Å². The topological polar surface area (TPSA) is 37.4 Å². The summed E-state index contributed by atoms with van der Waals surface area (Å²) in [6.07, 6.45) is 6.00. The van der Waals surface area contributed by atoms with Gasteiger partial charge in [-0.05, 0) is 31.8 Å². The van der Waals surface area contributed by atoms with Gasteiger partial charge in [-0.3, -0.25) is 9.59 Å². The minimum Gasteiger partial charge on any atom is -0.337 e. The molecule has 1 saturated heterocycles. The molecule has 1 aliphatic carbocycles. The summed E-state index contributed by atoms with van der Waals surface area (Å²) >= 11 is 0. The van der Waals surface area contributed by atoms with E-state index in [-0.39, 0.29) is 28.6 Å². The fourth-order valence-electron chi connectivity index (χ4n) is 3.37. The van der Waals surface area contributed by atoms with Gasteiger partial charge in [-0.2, -0.15) is 0 Å². The lowest BCUT2D eigenvalue weighted by atomic mass is 9.61. The second kappa shape index (κ2) is 3.69. The third-order valence-corrected chi connectivity index (χ3v) is 4.76. The molecule has 0 N–H and O–H groups in total. The number of hydrogen-bond donors (Lipinski definition) is 0. The van der Waals surface area contributed by atoms with Crippen molar-refractivity contribution in [2.45, 2.75) is 45.6 Å². The highest BCUT2D eigenvalue weighted by Crippen LogP contribution is 2.47. The van der Waals surface area contributed by atoms with Gasteiger partial charge < -0.3 is 4.90 Å². The van der Waals surface area contributed by atoms with Crippen molar-refractivity contribution in [3.05, 3.63) is 12.2 Å². The molecule has 2 aliphatic rings. The van der Waals surface area contributed by atoms with Crippen molar-refractivity contribution >= 4 is 11.7 Å². The van der Waals surface area contributed by atoms with Crippen LogP contribution in [0.2, 0.25) is 0 Å². The minimum absolute atomic E-state index is 0.183. The fourth-order valence-corrected chi connectivity index (χ4v) is 3.37. The van der Waals surface area contributed by atoms with Crippen LogP contribution in [0.25, 0.3) is 0 Å². The lowest BCUT2D eigenvalue weighted by Crippen LogP contribution is -2.57. The number of rotatable bonds is 0. The van der Waals surface area contributed by atoms with Crippen LogP contribution in [0.1, 0.15) is 40.0 Å². The van der Waals surface area contributed by atoms with Gasteiger partial charge in [0, 0.05) is 18.9 Å². The molecule has 1 heterocycles. The van der Waals surface area contributed by atoms with Crippen LogP contribution < -0.4 is 0 Å². The van der Waals surface area contributed by atoms with E-state index in [0.29, 0.717) is 6.42 Å². The number of nitrogens with zero attached hydrogens (tertiary/aromatic N) is 1. The number of ketones is 1. The van der Waals surface area contributed by atoms with Crippen molar-refractivity contribution < 1.29 is 9.59 Å². The SMILES string of the molecule is CN1C(=O)CCC[C@H]2C(C)(C)C(=O)C=C[C@@]21C. The third-order valence-electron chi connectivity index (χ3n) is 4.76. The Balaban J connectivity index is 2.52. The Bertz CT molecular complexity index is 397. The second-order valence-electron chi connectivity index (χ2n) is 6.04. The molecule has 0 unspecified atom stereocenters. The number of carbonyl (C=O) groups excluding carboxylic acids is 2. The van der Waals surface area contributed by atoms with Gasteiger partial charge >= 0.3 is 0 Å². The van der Waals surface area contributed by atoms with E-state index < -0.39 is 0 Å². The smallest absolute Gasteiger partial charge is 0.223 e. The van der Waals surface area contributed by atoms with E-state index in [0.717, 1.165) is 12.8 Å². The lowest BCUT2D eigenvalue weighted by molar-refractivity contribution is -0.139. The highest BCUT2D eigenvalue weighted by Gasteiger charge is 2.51. The Hall–Kier alpha value is -1.12. The highest BCUT2D eigenvalue weighted by molar-refractivity contribution is 5.96. The fraction of sp³-hybridized carbons (Fsp3) is 0.714. The Kier molecular flexibility index (Phi) is 2.68. The number of likely N-dealkylation sites (N-methyl/N-ethyl adjacent to an activating group) is 1. The maximum Gasteiger partial charge on any atom is 0.223 e. The zero-order chi connectivity index (χ0) is 12.8. The summed E-state index contributed by atoms with van der Waals surface area (Å²) in [5.74, 6) is 0.580. The van der Waals surface area contributed by atoms with Crippen LogP contribution in [0, 0.1) is 11.3 Å². The Morgan fingerprint density at radius 2 is 1.94 bits per heavy atom. The van der Waals surface area contributed by atoms with Gasteiger partial charge in [0.1, 0.15) is 0 Å². The maximum atomic E-state index is 12.0. The van der Waals surface area contributed by atoms with Crippen molar-refractivity contribution in [2.75, 3.05) is 7.05 Å². The molecule has 94 valence electrons. The van der Waals surface area contributed by atoms with Crippen LogP contribution in [0.5, 0.6) is 0 Å². The van der Waals surface area contributed by atoms with Crippen molar-refractivity contribution in [1.82, 2.24) is 4.90 Å². The summed E-state index contributed by atoms with van der Waals surface area (Å²) in [7, 11) is 1.86. The van der Waals surface area contributed by atoms with E-state index in [2.05, 4.69) is 6.92 Å². The standard InChI is InChI=1S/C14H21NO2/c1-13(2)10-6-5-7-12(17)15(4)14(10,3)9-8-11(13)16/h8-10H,5-7H2,1-4H3/t10-,14-/m0/s1. The minimum atomic E-state index is -0.373. The first-order valence-electron chi connectivity index (χ1n) is 6.30. The zero-order valence-corrected chi connectivity index (χ0v) is 11.1. The van der Waals surface area contributed by atoms with Crippen LogP contribution in [0.4, 0.5) is 0 Å². The molecule has 17 heavy (non-hydrogen) atoms. The number of hydrogen-bond acceptors (Lipinski definition) is 2. The number of amides is 1. The molecule has 1 fully saturated rings. The van der Waals surface area contributed by atoms with Crippen LogP contribution in [0.15, 0.2) is 12.2 Å². The largest absolute Gasteiger partial charge is 0.337 e. The molecule has 3 heteroatoms. The predicted molar refractivity (Wildman–Crippen MR) is 66.4 cm³/mol. The molecular weight excluding hydrogens is 214 g/mol. The first-order valence-corrected chi connectivity index (χ1v) is 6.30. The molecule has 0 aromatic carbocycles. The van der Waals surface area contributed by atoms with Crippen molar-refractivity contribution in [3.63, 3.8) is 0 Å². The van der Waals surface area contributed by atoms with Gasteiger partial charge in [0.05, 0.1) is 5.54 Å². The molecule has 1 amide bonds. The summed E-state index contributed by atoms with van der Waals surface area (Å²) in [5.41, 5.74) is -0.687.